The second-order valence-electron chi connectivity index (χ2n) is 4.50. The number of urea groups is 1. The van der Waals surface area contributed by atoms with Gasteiger partial charge in [-0.15, -0.1) is 0 Å². The SMILES string of the molecule is Cn1ccnc1[C@H](NC(=O)NCCO)c1ccc(Cl)cc1. The van der Waals surface area contributed by atoms with Crippen LogP contribution >= 0.6 is 11.6 Å². The Balaban J connectivity index is 2.25. The highest BCUT2D eigenvalue weighted by molar-refractivity contribution is 6.30. The average molecular weight is 309 g/mol. The highest BCUT2D eigenvalue weighted by Gasteiger charge is 2.20. The van der Waals surface area contributed by atoms with Crippen molar-refractivity contribution in [3.8, 4) is 0 Å². The van der Waals surface area contributed by atoms with Crippen molar-refractivity contribution in [1.29, 1.82) is 0 Å². The molecule has 0 unspecified atom stereocenters. The zero-order chi connectivity index (χ0) is 15.2. The number of hydrogen-bond donors (Lipinski definition) is 3. The summed E-state index contributed by atoms with van der Waals surface area (Å²) in [6, 6.07) is 6.44. The fourth-order valence-corrected chi connectivity index (χ4v) is 2.09. The maximum atomic E-state index is 11.9. The first-order valence-corrected chi connectivity index (χ1v) is 6.87. The van der Waals surface area contributed by atoms with Crippen molar-refractivity contribution in [1.82, 2.24) is 20.2 Å². The number of aromatic nitrogens is 2. The molecular weight excluding hydrogens is 292 g/mol. The van der Waals surface area contributed by atoms with Crippen LogP contribution in [0.5, 0.6) is 0 Å². The Kier molecular flexibility index (Phi) is 5.19. The zero-order valence-electron chi connectivity index (χ0n) is 11.6. The molecule has 0 aliphatic rings. The smallest absolute Gasteiger partial charge is 0.315 e. The number of carbonyl (C=O) groups is 1. The van der Waals surface area contributed by atoms with E-state index in [1.807, 2.05) is 29.9 Å². The molecule has 2 aromatic rings. The van der Waals surface area contributed by atoms with Gasteiger partial charge in [0.15, 0.2) is 0 Å². The summed E-state index contributed by atoms with van der Waals surface area (Å²) in [5, 5.41) is 14.8. The van der Waals surface area contributed by atoms with E-state index in [0.717, 1.165) is 5.56 Å². The van der Waals surface area contributed by atoms with E-state index in [4.69, 9.17) is 16.7 Å². The van der Waals surface area contributed by atoms with E-state index in [0.29, 0.717) is 10.8 Å². The molecule has 0 saturated heterocycles. The number of nitrogens with one attached hydrogen (secondary N) is 2. The van der Waals surface area contributed by atoms with Crippen molar-refractivity contribution >= 4 is 17.6 Å². The molecule has 1 aromatic heterocycles. The minimum absolute atomic E-state index is 0.110. The lowest BCUT2D eigenvalue weighted by Crippen LogP contribution is -2.40. The molecule has 0 radical (unpaired) electrons. The van der Waals surface area contributed by atoms with Crippen molar-refractivity contribution in [2.45, 2.75) is 6.04 Å². The number of imidazole rings is 1. The lowest BCUT2D eigenvalue weighted by molar-refractivity contribution is 0.231. The van der Waals surface area contributed by atoms with Crippen molar-refractivity contribution < 1.29 is 9.90 Å². The normalized spacial score (nSPS) is 12.0. The van der Waals surface area contributed by atoms with Crippen molar-refractivity contribution in [3.05, 3.63) is 53.1 Å². The first-order chi connectivity index (χ1) is 10.1. The summed E-state index contributed by atoms with van der Waals surface area (Å²) < 4.78 is 1.84. The summed E-state index contributed by atoms with van der Waals surface area (Å²) in [5.74, 6) is 0.705. The Hall–Kier alpha value is -2.05. The van der Waals surface area contributed by atoms with E-state index in [1.165, 1.54) is 0 Å². The minimum atomic E-state index is -0.402. The Morgan fingerprint density at radius 3 is 2.71 bits per heavy atom. The largest absolute Gasteiger partial charge is 0.395 e. The molecule has 1 heterocycles. The number of hydrogen-bond acceptors (Lipinski definition) is 3. The molecule has 112 valence electrons. The summed E-state index contributed by atoms with van der Waals surface area (Å²) >= 11 is 5.90. The van der Waals surface area contributed by atoms with Crippen molar-refractivity contribution in [2.24, 2.45) is 7.05 Å². The van der Waals surface area contributed by atoms with E-state index < -0.39 is 6.04 Å². The molecular formula is C14H17ClN4O2. The van der Waals surface area contributed by atoms with Crippen molar-refractivity contribution in [2.75, 3.05) is 13.2 Å². The Bertz CT molecular complexity index is 597. The summed E-state index contributed by atoms with van der Waals surface area (Å²) in [6.07, 6.45) is 3.48. The number of aliphatic hydroxyl groups excluding tert-OH is 1. The Morgan fingerprint density at radius 2 is 2.14 bits per heavy atom. The number of aliphatic hydroxyl groups is 1. The number of amides is 2. The summed E-state index contributed by atoms with van der Waals surface area (Å²) in [7, 11) is 1.86. The quantitative estimate of drug-likeness (QED) is 0.782. The van der Waals surface area contributed by atoms with Crippen LogP contribution in [-0.4, -0.2) is 33.8 Å². The number of benzene rings is 1. The molecule has 3 N–H and O–H groups in total. The molecule has 0 saturated carbocycles. The first kappa shape index (κ1) is 15.3. The van der Waals surface area contributed by atoms with Gasteiger partial charge in [0.25, 0.3) is 0 Å². The Labute approximate surface area is 127 Å². The summed E-state index contributed by atoms with van der Waals surface area (Å²) in [6.45, 7) is 0.0845. The van der Waals surface area contributed by atoms with Crippen LogP contribution in [0.15, 0.2) is 36.7 Å². The van der Waals surface area contributed by atoms with Gasteiger partial charge in [0.05, 0.1) is 6.61 Å². The molecule has 7 heteroatoms. The number of carbonyl (C=O) groups excluding carboxylic acids is 1. The molecule has 1 atom stereocenters. The number of nitrogens with zero attached hydrogens (tertiary/aromatic N) is 2. The number of rotatable bonds is 5. The van der Waals surface area contributed by atoms with Gasteiger partial charge in [0, 0.05) is 31.0 Å². The number of halogens is 1. The van der Waals surface area contributed by atoms with E-state index in [-0.39, 0.29) is 19.2 Å². The fourth-order valence-electron chi connectivity index (χ4n) is 1.96. The van der Waals surface area contributed by atoms with E-state index in [2.05, 4.69) is 15.6 Å². The van der Waals surface area contributed by atoms with Gasteiger partial charge in [-0.05, 0) is 17.7 Å². The van der Waals surface area contributed by atoms with Gasteiger partial charge in [-0.2, -0.15) is 0 Å². The second kappa shape index (κ2) is 7.10. The molecule has 2 amide bonds. The van der Waals surface area contributed by atoms with Crippen LogP contribution in [-0.2, 0) is 7.05 Å². The third-order valence-electron chi connectivity index (χ3n) is 2.99. The molecule has 0 fully saturated rings. The van der Waals surface area contributed by atoms with Gasteiger partial charge in [0.1, 0.15) is 11.9 Å². The molecule has 0 bridgehead atoms. The average Bonchev–Trinajstić information content (AvgIpc) is 2.89. The topological polar surface area (TPSA) is 79.2 Å². The van der Waals surface area contributed by atoms with Crippen LogP contribution < -0.4 is 10.6 Å². The molecule has 21 heavy (non-hydrogen) atoms. The minimum Gasteiger partial charge on any atom is -0.395 e. The van der Waals surface area contributed by atoms with E-state index in [1.54, 1.807) is 18.3 Å². The predicted octanol–water partition coefficient (Wildman–Crippen LogP) is 1.45. The maximum Gasteiger partial charge on any atom is 0.315 e. The maximum absolute atomic E-state index is 11.9. The van der Waals surface area contributed by atoms with Crippen LogP contribution in [0.3, 0.4) is 0 Å². The van der Waals surface area contributed by atoms with Crippen LogP contribution in [0.2, 0.25) is 5.02 Å². The van der Waals surface area contributed by atoms with Gasteiger partial charge >= 0.3 is 6.03 Å². The molecule has 0 spiro atoms. The van der Waals surface area contributed by atoms with E-state index in [9.17, 15) is 4.79 Å². The fraction of sp³-hybridized carbons (Fsp3) is 0.286. The first-order valence-electron chi connectivity index (χ1n) is 6.49. The van der Waals surface area contributed by atoms with Crippen LogP contribution in [0, 0.1) is 0 Å². The lowest BCUT2D eigenvalue weighted by Gasteiger charge is -2.19. The van der Waals surface area contributed by atoms with Gasteiger partial charge < -0.3 is 20.3 Å². The molecule has 1 aromatic carbocycles. The predicted molar refractivity (Wildman–Crippen MR) is 80.1 cm³/mol. The van der Waals surface area contributed by atoms with Gasteiger partial charge in [0.2, 0.25) is 0 Å². The number of aryl methyl sites for hydroxylation is 1. The van der Waals surface area contributed by atoms with Crippen LogP contribution in [0.25, 0.3) is 0 Å². The van der Waals surface area contributed by atoms with Crippen LogP contribution in [0.4, 0.5) is 4.79 Å². The molecule has 6 nitrogen and oxygen atoms in total. The van der Waals surface area contributed by atoms with Gasteiger partial charge in [-0.3, -0.25) is 0 Å². The molecule has 0 aliphatic carbocycles. The highest BCUT2D eigenvalue weighted by atomic mass is 35.5. The molecule has 0 aliphatic heterocycles. The summed E-state index contributed by atoms with van der Waals surface area (Å²) in [5.41, 5.74) is 0.868. The standard InChI is InChI=1S/C14H17ClN4O2/c1-19-8-6-16-13(19)12(18-14(21)17-7-9-20)10-2-4-11(15)5-3-10/h2-6,8,12,20H,7,9H2,1H3,(H2,17,18,21)/t12-/m1/s1. The third kappa shape index (κ3) is 3.96. The van der Waals surface area contributed by atoms with Crippen molar-refractivity contribution in [3.63, 3.8) is 0 Å². The second-order valence-corrected chi connectivity index (χ2v) is 4.94. The Morgan fingerprint density at radius 1 is 1.43 bits per heavy atom. The van der Waals surface area contributed by atoms with Gasteiger partial charge in [-0.25, -0.2) is 9.78 Å². The van der Waals surface area contributed by atoms with Crippen LogP contribution in [0.1, 0.15) is 17.4 Å². The summed E-state index contributed by atoms with van der Waals surface area (Å²) in [4.78, 5) is 16.1. The molecule has 2 rings (SSSR count). The van der Waals surface area contributed by atoms with E-state index >= 15 is 0 Å². The third-order valence-corrected chi connectivity index (χ3v) is 3.24. The monoisotopic (exact) mass is 308 g/mol. The highest BCUT2D eigenvalue weighted by Crippen LogP contribution is 2.22. The lowest BCUT2D eigenvalue weighted by atomic mass is 10.1. The zero-order valence-corrected chi connectivity index (χ0v) is 12.3. The van der Waals surface area contributed by atoms with Gasteiger partial charge in [-0.1, -0.05) is 23.7 Å².